The fourth-order valence-corrected chi connectivity index (χ4v) is 2.58. The molecule has 1 fully saturated rings. The molecule has 3 nitrogen and oxygen atoms in total. The van der Waals surface area contributed by atoms with Crippen LogP contribution in [0.4, 0.5) is 0 Å². The highest BCUT2D eigenvalue weighted by atomic mass is 16.1. The van der Waals surface area contributed by atoms with Gasteiger partial charge in [-0.3, -0.25) is 4.79 Å². The lowest BCUT2D eigenvalue weighted by atomic mass is 9.88. The number of hydrogen-bond acceptors (Lipinski definition) is 2. The van der Waals surface area contributed by atoms with Gasteiger partial charge in [0, 0.05) is 12.1 Å². The summed E-state index contributed by atoms with van der Waals surface area (Å²) in [5.41, 5.74) is 3.16. The fraction of sp³-hybridized carbons (Fsp3) is 0.562. The van der Waals surface area contributed by atoms with E-state index in [2.05, 4.69) is 24.5 Å². The van der Waals surface area contributed by atoms with Crippen molar-refractivity contribution < 1.29 is 4.79 Å². The van der Waals surface area contributed by atoms with Gasteiger partial charge in [0.2, 0.25) is 0 Å². The molecule has 0 bridgehead atoms. The van der Waals surface area contributed by atoms with E-state index in [9.17, 15) is 4.79 Å². The van der Waals surface area contributed by atoms with Gasteiger partial charge in [0.25, 0.3) is 5.91 Å². The minimum atomic E-state index is 0.0498. The molecule has 3 heteroatoms. The summed E-state index contributed by atoms with van der Waals surface area (Å²) in [5, 5.41) is 6.46. The van der Waals surface area contributed by atoms with Crippen molar-refractivity contribution in [3.8, 4) is 0 Å². The highest BCUT2D eigenvalue weighted by Gasteiger charge is 2.21. The fourth-order valence-electron chi connectivity index (χ4n) is 2.58. The first-order valence-electron chi connectivity index (χ1n) is 7.14. The zero-order chi connectivity index (χ0) is 13.8. The first-order valence-corrected chi connectivity index (χ1v) is 7.14. The lowest BCUT2D eigenvalue weighted by Crippen LogP contribution is -2.41. The molecule has 1 heterocycles. The van der Waals surface area contributed by atoms with Crippen LogP contribution in [-0.4, -0.2) is 25.5 Å². The second-order valence-electron chi connectivity index (χ2n) is 5.74. The average molecular weight is 260 g/mol. The Hall–Kier alpha value is -1.35. The molecule has 1 saturated heterocycles. The summed E-state index contributed by atoms with van der Waals surface area (Å²) in [6.45, 7) is 9.26. The maximum Gasteiger partial charge on any atom is 0.251 e. The van der Waals surface area contributed by atoms with Gasteiger partial charge in [-0.05, 0) is 68.5 Å². The Balaban J connectivity index is 1.91. The number of carbonyl (C=O) groups is 1. The Kier molecular flexibility index (Phi) is 4.59. The van der Waals surface area contributed by atoms with Gasteiger partial charge in [-0.1, -0.05) is 13.0 Å². The molecule has 1 aliphatic rings. The molecular formula is C16H24N2O. The van der Waals surface area contributed by atoms with Crippen LogP contribution in [0, 0.1) is 25.7 Å². The summed E-state index contributed by atoms with van der Waals surface area (Å²) in [7, 11) is 0. The number of nitrogens with one attached hydrogen (secondary N) is 2. The number of aryl methyl sites for hydroxylation is 2. The van der Waals surface area contributed by atoms with Crippen LogP contribution in [0.2, 0.25) is 0 Å². The third-order valence-corrected chi connectivity index (χ3v) is 4.26. The van der Waals surface area contributed by atoms with Crippen LogP contribution in [0.15, 0.2) is 18.2 Å². The number of rotatable bonds is 3. The smallest absolute Gasteiger partial charge is 0.251 e. The minimum Gasteiger partial charge on any atom is -0.352 e. The largest absolute Gasteiger partial charge is 0.352 e. The Morgan fingerprint density at radius 1 is 1.37 bits per heavy atom. The van der Waals surface area contributed by atoms with Crippen LogP contribution < -0.4 is 10.6 Å². The van der Waals surface area contributed by atoms with Gasteiger partial charge in [-0.15, -0.1) is 0 Å². The van der Waals surface area contributed by atoms with Crippen LogP contribution in [0.5, 0.6) is 0 Å². The molecule has 2 atom stereocenters. The van der Waals surface area contributed by atoms with Crippen LogP contribution in [-0.2, 0) is 0 Å². The van der Waals surface area contributed by atoms with E-state index >= 15 is 0 Å². The minimum absolute atomic E-state index is 0.0498. The highest BCUT2D eigenvalue weighted by Crippen LogP contribution is 2.17. The lowest BCUT2D eigenvalue weighted by Gasteiger charge is -2.29. The Bertz CT molecular complexity index is 456. The van der Waals surface area contributed by atoms with Crippen molar-refractivity contribution >= 4 is 5.91 Å². The molecule has 19 heavy (non-hydrogen) atoms. The van der Waals surface area contributed by atoms with E-state index in [4.69, 9.17) is 0 Å². The number of amides is 1. The van der Waals surface area contributed by atoms with Crippen LogP contribution in [0.3, 0.4) is 0 Å². The molecule has 2 unspecified atom stereocenters. The molecule has 1 amide bonds. The predicted molar refractivity (Wildman–Crippen MR) is 78.4 cm³/mol. The first-order chi connectivity index (χ1) is 9.08. The molecule has 0 saturated carbocycles. The highest BCUT2D eigenvalue weighted by molar-refractivity contribution is 5.94. The van der Waals surface area contributed by atoms with Gasteiger partial charge in [0.05, 0.1) is 0 Å². The van der Waals surface area contributed by atoms with Gasteiger partial charge in [-0.25, -0.2) is 0 Å². The molecule has 104 valence electrons. The molecular weight excluding hydrogens is 236 g/mol. The summed E-state index contributed by atoms with van der Waals surface area (Å²) in [6, 6.07) is 5.89. The van der Waals surface area contributed by atoms with Gasteiger partial charge >= 0.3 is 0 Å². The molecule has 1 aliphatic heterocycles. The monoisotopic (exact) mass is 260 g/mol. The molecule has 1 aromatic rings. The molecule has 1 aromatic carbocycles. The normalized spacial score (nSPS) is 23.1. The molecule has 0 spiro atoms. The van der Waals surface area contributed by atoms with Crippen molar-refractivity contribution in [1.82, 2.24) is 10.6 Å². The van der Waals surface area contributed by atoms with E-state index < -0.39 is 0 Å². The first kappa shape index (κ1) is 14.1. The molecule has 2 rings (SSSR count). The van der Waals surface area contributed by atoms with Gasteiger partial charge in [-0.2, -0.15) is 0 Å². The van der Waals surface area contributed by atoms with Crippen molar-refractivity contribution in [3.63, 3.8) is 0 Å². The van der Waals surface area contributed by atoms with Gasteiger partial charge < -0.3 is 10.6 Å². The number of hydrogen-bond donors (Lipinski definition) is 2. The van der Waals surface area contributed by atoms with Crippen molar-refractivity contribution in [2.24, 2.45) is 11.8 Å². The summed E-state index contributed by atoms with van der Waals surface area (Å²) >= 11 is 0. The predicted octanol–water partition coefficient (Wildman–Crippen LogP) is 2.28. The van der Waals surface area contributed by atoms with E-state index in [0.717, 1.165) is 31.6 Å². The maximum absolute atomic E-state index is 12.1. The third kappa shape index (κ3) is 3.57. The number of benzene rings is 1. The standard InChI is InChI=1S/C16H24N2O/c1-11-4-5-14(8-12(11)2)16(19)18-10-15-6-7-17-9-13(15)3/h4-5,8,13,15,17H,6-7,9-10H2,1-3H3,(H,18,19). The van der Waals surface area contributed by atoms with Crippen molar-refractivity contribution in [3.05, 3.63) is 34.9 Å². The second-order valence-corrected chi connectivity index (χ2v) is 5.74. The van der Waals surface area contributed by atoms with E-state index in [1.165, 1.54) is 11.1 Å². The van der Waals surface area contributed by atoms with Crippen LogP contribution in [0.1, 0.15) is 34.8 Å². The Morgan fingerprint density at radius 3 is 2.84 bits per heavy atom. The van der Waals surface area contributed by atoms with E-state index in [0.29, 0.717) is 11.8 Å². The quantitative estimate of drug-likeness (QED) is 0.875. The lowest BCUT2D eigenvalue weighted by molar-refractivity contribution is 0.0938. The van der Waals surface area contributed by atoms with E-state index in [1.54, 1.807) is 0 Å². The number of carbonyl (C=O) groups excluding carboxylic acids is 1. The SMILES string of the molecule is Cc1ccc(C(=O)NCC2CCNCC2C)cc1C. The van der Waals surface area contributed by atoms with Crippen molar-refractivity contribution in [1.29, 1.82) is 0 Å². The molecule has 0 aromatic heterocycles. The zero-order valence-corrected chi connectivity index (χ0v) is 12.1. The summed E-state index contributed by atoms with van der Waals surface area (Å²) in [5.74, 6) is 1.28. The maximum atomic E-state index is 12.1. The van der Waals surface area contributed by atoms with E-state index in [-0.39, 0.29) is 5.91 Å². The topological polar surface area (TPSA) is 41.1 Å². The number of piperidine rings is 1. The Labute approximate surface area is 115 Å². The molecule has 2 N–H and O–H groups in total. The summed E-state index contributed by atoms with van der Waals surface area (Å²) in [4.78, 5) is 12.1. The molecule has 0 aliphatic carbocycles. The van der Waals surface area contributed by atoms with Crippen LogP contribution in [0.25, 0.3) is 0 Å². The van der Waals surface area contributed by atoms with Crippen molar-refractivity contribution in [2.75, 3.05) is 19.6 Å². The van der Waals surface area contributed by atoms with Crippen LogP contribution >= 0.6 is 0 Å². The molecule has 0 radical (unpaired) electrons. The van der Waals surface area contributed by atoms with Crippen molar-refractivity contribution in [2.45, 2.75) is 27.2 Å². The summed E-state index contributed by atoms with van der Waals surface area (Å²) in [6.07, 6.45) is 1.15. The average Bonchev–Trinajstić information content (AvgIpc) is 2.40. The Morgan fingerprint density at radius 2 is 2.16 bits per heavy atom. The van der Waals surface area contributed by atoms with Gasteiger partial charge in [0.15, 0.2) is 0 Å². The summed E-state index contributed by atoms with van der Waals surface area (Å²) < 4.78 is 0. The zero-order valence-electron chi connectivity index (χ0n) is 12.1. The second kappa shape index (κ2) is 6.20. The van der Waals surface area contributed by atoms with Gasteiger partial charge in [0.1, 0.15) is 0 Å². The van der Waals surface area contributed by atoms with E-state index in [1.807, 2.05) is 25.1 Å². The third-order valence-electron chi connectivity index (χ3n) is 4.26.